The molecule has 0 saturated heterocycles. The van der Waals surface area contributed by atoms with Gasteiger partial charge in [0.25, 0.3) is 0 Å². The summed E-state index contributed by atoms with van der Waals surface area (Å²) in [6.07, 6.45) is 0. The normalized spacial score (nSPS) is 11.9. The Balaban J connectivity index is 1.10. The molecule has 11 aromatic rings. The fraction of sp³-hybridized carbons (Fsp3) is 0. The molecule has 51 heavy (non-hydrogen) atoms. The molecule has 0 aliphatic heterocycles. The predicted octanol–water partition coefficient (Wildman–Crippen LogP) is 13.6. The SMILES string of the molecule is c1ccc(-c2ccc3c4c5sc6ccccc6c5ccc4n(-c4ccc(-c5ccc6c(c5)c5ccccc5n6-c5ccccc5)cc4)c3c2)cc1. The second-order valence-electron chi connectivity index (χ2n) is 13.3. The van der Waals surface area contributed by atoms with Gasteiger partial charge in [-0.25, -0.2) is 0 Å². The number of thiophene rings is 1. The van der Waals surface area contributed by atoms with Crippen LogP contribution in [0.4, 0.5) is 0 Å². The zero-order valence-corrected chi connectivity index (χ0v) is 28.4. The zero-order chi connectivity index (χ0) is 33.5. The lowest BCUT2D eigenvalue weighted by Crippen LogP contribution is -1.94. The van der Waals surface area contributed by atoms with E-state index in [9.17, 15) is 0 Å². The fourth-order valence-corrected chi connectivity index (χ4v) is 9.44. The van der Waals surface area contributed by atoms with E-state index in [1.165, 1.54) is 91.7 Å². The Hall–Kier alpha value is -6.42. The van der Waals surface area contributed by atoms with E-state index in [4.69, 9.17) is 0 Å². The number of fused-ring (bicyclic) bond motifs is 10. The van der Waals surface area contributed by atoms with Crippen LogP contribution in [0.3, 0.4) is 0 Å². The number of para-hydroxylation sites is 2. The summed E-state index contributed by atoms with van der Waals surface area (Å²) in [5, 5.41) is 7.79. The number of hydrogen-bond donors (Lipinski definition) is 0. The molecule has 0 N–H and O–H groups in total. The first kappa shape index (κ1) is 28.4. The van der Waals surface area contributed by atoms with Gasteiger partial charge < -0.3 is 9.13 Å². The van der Waals surface area contributed by atoms with E-state index < -0.39 is 0 Å². The van der Waals surface area contributed by atoms with Crippen LogP contribution in [0.5, 0.6) is 0 Å². The van der Waals surface area contributed by atoms with Gasteiger partial charge in [0, 0.05) is 53.1 Å². The molecule has 0 fully saturated rings. The summed E-state index contributed by atoms with van der Waals surface area (Å²) in [5.74, 6) is 0. The van der Waals surface area contributed by atoms with Gasteiger partial charge in [0.1, 0.15) is 0 Å². The van der Waals surface area contributed by atoms with Crippen molar-refractivity contribution in [2.45, 2.75) is 0 Å². The van der Waals surface area contributed by atoms with Crippen LogP contribution in [0, 0.1) is 0 Å². The molecule has 0 unspecified atom stereocenters. The van der Waals surface area contributed by atoms with Crippen LogP contribution >= 0.6 is 11.3 Å². The summed E-state index contributed by atoms with van der Waals surface area (Å²) < 4.78 is 7.51. The predicted molar refractivity (Wildman–Crippen MR) is 219 cm³/mol. The summed E-state index contributed by atoms with van der Waals surface area (Å²) in [4.78, 5) is 0. The van der Waals surface area contributed by atoms with Crippen LogP contribution in [0.1, 0.15) is 0 Å². The minimum atomic E-state index is 1.16. The van der Waals surface area contributed by atoms with Crippen LogP contribution in [0.15, 0.2) is 182 Å². The standard InChI is InChI=1S/C48H30N2S/c1-3-11-31(12-4-1)34-21-25-40-45(30-34)50(44-28-26-39-38-16-8-10-18-46(38)51-48(39)47(40)44)36-23-19-32(20-24-36)33-22-27-43-41(29-33)37-15-7-9-17-42(37)49(43)35-13-5-2-6-14-35/h1-30H. The van der Waals surface area contributed by atoms with Crippen LogP contribution in [-0.2, 0) is 0 Å². The molecule has 8 aromatic carbocycles. The van der Waals surface area contributed by atoms with Gasteiger partial charge in [-0.2, -0.15) is 0 Å². The molecule has 11 rings (SSSR count). The number of aromatic nitrogens is 2. The van der Waals surface area contributed by atoms with Gasteiger partial charge in [0.2, 0.25) is 0 Å². The lowest BCUT2D eigenvalue weighted by Gasteiger charge is -2.11. The molecule has 2 nitrogen and oxygen atoms in total. The van der Waals surface area contributed by atoms with Crippen LogP contribution in [-0.4, -0.2) is 9.13 Å². The van der Waals surface area contributed by atoms with Crippen molar-refractivity contribution in [2.24, 2.45) is 0 Å². The second-order valence-corrected chi connectivity index (χ2v) is 14.4. The quantitative estimate of drug-likeness (QED) is 0.177. The van der Waals surface area contributed by atoms with E-state index in [0.717, 1.165) is 5.69 Å². The fourth-order valence-electron chi connectivity index (χ4n) is 8.18. The Labute approximate surface area is 298 Å². The minimum absolute atomic E-state index is 1.16. The largest absolute Gasteiger partial charge is 0.309 e. The molecule has 0 atom stereocenters. The van der Waals surface area contributed by atoms with Crippen molar-refractivity contribution in [2.75, 3.05) is 0 Å². The molecular weight excluding hydrogens is 637 g/mol. The second kappa shape index (κ2) is 11.0. The topological polar surface area (TPSA) is 9.86 Å². The summed E-state index contributed by atoms with van der Waals surface area (Å²) in [5.41, 5.74) is 12.1. The first-order valence-electron chi connectivity index (χ1n) is 17.4. The highest BCUT2D eigenvalue weighted by molar-refractivity contribution is 7.26. The number of rotatable bonds is 4. The first-order chi connectivity index (χ1) is 25.3. The van der Waals surface area contributed by atoms with Gasteiger partial charge in [0.05, 0.1) is 22.1 Å². The average Bonchev–Trinajstić information content (AvgIpc) is 3.86. The van der Waals surface area contributed by atoms with Gasteiger partial charge in [-0.15, -0.1) is 11.3 Å². The van der Waals surface area contributed by atoms with Gasteiger partial charge in [-0.3, -0.25) is 0 Å². The highest BCUT2D eigenvalue weighted by Gasteiger charge is 2.19. The van der Waals surface area contributed by atoms with E-state index >= 15 is 0 Å². The number of nitrogens with zero attached hydrogens (tertiary/aromatic N) is 2. The van der Waals surface area contributed by atoms with E-state index in [1.54, 1.807) is 0 Å². The lowest BCUT2D eigenvalue weighted by atomic mass is 10.0. The third kappa shape index (κ3) is 4.29. The zero-order valence-electron chi connectivity index (χ0n) is 27.6. The molecule has 0 radical (unpaired) electrons. The van der Waals surface area contributed by atoms with Gasteiger partial charge in [-0.1, -0.05) is 121 Å². The van der Waals surface area contributed by atoms with Crippen molar-refractivity contribution < 1.29 is 0 Å². The molecule has 0 spiro atoms. The molecule has 238 valence electrons. The first-order valence-corrected chi connectivity index (χ1v) is 18.3. The third-order valence-electron chi connectivity index (χ3n) is 10.5. The molecule has 3 aromatic heterocycles. The summed E-state index contributed by atoms with van der Waals surface area (Å²) in [7, 11) is 0. The van der Waals surface area contributed by atoms with Crippen molar-refractivity contribution in [3.05, 3.63) is 182 Å². The number of hydrogen-bond acceptors (Lipinski definition) is 1. The van der Waals surface area contributed by atoms with Gasteiger partial charge in [0.15, 0.2) is 0 Å². The van der Waals surface area contributed by atoms with Gasteiger partial charge in [-0.05, 0) is 82.9 Å². The summed E-state index contributed by atoms with van der Waals surface area (Å²) >= 11 is 1.90. The van der Waals surface area contributed by atoms with Crippen molar-refractivity contribution in [3.8, 4) is 33.6 Å². The maximum absolute atomic E-state index is 2.46. The summed E-state index contributed by atoms with van der Waals surface area (Å²) in [6, 6.07) is 66.5. The van der Waals surface area contributed by atoms with E-state index in [2.05, 4.69) is 191 Å². The average molecular weight is 667 g/mol. The molecule has 0 aliphatic rings. The van der Waals surface area contributed by atoms with E-state index in [0.29, 0.717) is 0 Å². The van der Waals surface area contributed by atoms with Crippen LogP contribution in [0.25, 0.3) is 97.4 Å². The molecule has 3 heteroatoms. The Bertz CT molecular complexity index is 3110. The summed E-state index contributed by atoms with van der Waals surface area (Å²) in [6.45, 7) is 0. The Morgan fingerprint density at radius 3 is 1.73 bits per heavy atom. The van der Waals surface area contributed by atoms with Gasteiger partial charge >= 0.3 is 0 Å². The maximum Gasteiger partial charge on any atom is 0.0555 e. The molecular formula is C48H30N2S. The van der Waals surface area contributed by atoms with Crippen molar-refractivity contribution in [1.82, 2.24) is 9.13 Å². The molecule has 3 heterocycles. The smallest absolute Gasteiger partial charge is 0.0555 e. The maximum atomic E-state index is 2.46. The minimum Gasteiger partial charge on any atom is -0.309 e. The van der Waals surface area contributed by atoms with E-state index in [-0.39, 0.29) is 0 Å². The van der Waals surface area contributed by atoms with Crippen LogP contribution in [0.2, 0.25) is 0 Å². The Morgan fingerprint density at radius 1 is 0.314 bits per heavy atom. The Kier molecular flexibility index (Phi) is 6.16. The highest BCUT2D eigenvalue weighted by atomic mass is 32.1. The Morgan fingerprint density at radius 2 is 0.882 bits per heavy atom. The lowest BCUT2D eigenvalue weighted by molar-refractivity contribution is 1.18. The van der Waals surface area contributed by atoms with Crippen LogP contribution < -0.4 is 0 Å². The van der Waals surface area contributed by atoms with Crippen molar-refractivity contribution in [1.29, 1.82) is 0 Å². The molecule has 0 amide bonds. The van der Waals surface area contributed by atoms with Crippen molar-refractivity contribution >= 4 is 75.1 Å². The van der Waals surface area contributed by atoms with E-state index in [1.807, 2.05) is 11.3 Å². The van der Waals surface area contributed by atoms with Crippen molar-refractivity contribution in [3.63, 3.8) is 0 Å². The third-order valence-corrected chi connectivity index (χ3v) is 11.7. The monoisotopic (exact) mass is 666 g/mol. The molecule has 0 aliphatic carbocycles. The molecule has 0 saturated carbocycles. The highest BCUT2D eigenvalue weighted by Crippen LogP contribution is 2.44. The number of benzene rings is 8. The molecule has 0 bridgehead atoms.